The summed E-state index contributed by atoms with van der Waals surface area (Å²) in [5.74, 6) is 0.602. The van der Waals surface area contributed by atoms with Gasteiger partial charge in [0.05, 0.1) is 13.5 Å². The monoisotopic (exact) mass is 366 g/mol. The second-order valence-corrected chi connectivity index (χ2v) is 5.68. The summed E-state index contributed by atoms with van der Waals surface area (Å²) in [6.07, 6.45) is 0.293. The van der Waals surface area contributed by atoms with Gasteiger partial charge in [0.25, 0.3) is 0 Å². The van der Waals surface area contributed by atoms with Gasteiger partial charge in [-0.25, -0.2) is 0 Å². The topological polar surface area (TPSA) is 91.5 Å². The van der Waals surface area contributed by atoms with Crippen LogP contribution in [0.5, 0.6) is 5.75 Å². The average Bonchev–Trinajstić information content (AvgIpc) is 3.20. The van der Waals surface area contributed by atoms with Crippen LogP contribution >= 0.6 is 0 Å². The van der Waals surface area contributed by atoms with Gasteiger partial charge in [-0.3, -0.25) is 9.59 Å². The summed E-state index contributed by atoms with van der Waals surface area (Å²) >= 11 is 0. The van der Waals surface area contributed by atoms with Crippen LogP contribution in [0.4, 0.5) is 0 Å². The van der Waals surface area contributed by atoms with Crippen LogP contribution in [0.3, 0.4) is 0 Å². The minimum atomic E-state index is -0.503. The van der Waals surface area contributed by atoms with Crippen LogP contribution in [0.25, 0.3) is 11.5 Å². The van der Waals surface area contributed by atoms with E-state index in [9.17, 15) is 9.59 Å². The van der Waals surface area contributed by atoms with Crippen LogP contribution in [-0.2, 0) is 16.0 Å². The van der Waals surface area contributed by atoms with Gasteiger partial charge in [0.15, 0.2) is 12.4 Å². The third-order valence-corrected chi connectivity index (χ3v) is 3.81. The molecule has 0 atom stereocenters. The molecular formula is C20H18N2O5. The number of Topliss-reactive ketones (excluding diaryl/α,β-unsaturated/α-hetero) is 1. The SMILES string of the molecule is COc1ccc(C(=O)COC(=O)CCc2nnc(-c3ccccc3)o2)cc1. The fraction of sp³-hybridized carbons (Fsp3) is 0.200. The molecule has 1 heterocycles. The van der Waals surface area contributed by atoms with Gasteiger partial charge in [0.2, 0.25) is 11.8 Å². The molecule has 0 unspecified atom stereocenters. The van der Waals surface area contributed by atoms with E-state index >= 15 is 0 Å². The zero-order valence-corrected chi connectivity index (χ0v) is 14.8. The van der Waals surface area contributed by atoms with Crippen molar-refractivity contribution in [2.45, 2.75) is 12.8 Å². The molecule has 0 bridgehead atoms. The van der Waals surface area contributed by atoms with Crippen molar-refractivity contribution in [3.05, 3.63) is 66.1 Å². The highest BCUT2D eigenvalue weighted by molar-refractivity contribution is 5.98. The molecule has 0 N–H and O–H groups in total. The molecule has 0 fully saturated rings. The van der Waals surface area contributed by atoms with Crippen LogP contribution in [0, 0.1) is 0 Å². The second-order valence-electron chi connectivity index (χ2n) is 5.68. The van der Waals surface area contributed by atoms with Gasteiger partial charge < -0.3 is 13.9 Å². The molecule has 27 heavy (non-hydrogen) atoms. The first-order valence-electron chi connectivity index (χ1n) is 8.36. The quantitative estimate of drug-likeness (QED) is 0.447. The number of aromatic nitrogens is 2. The van der Waals surface area contributed by atoms with Gasteiger partial charge >= 0.3 is 5.97 Å². The number of carbonyl (C=O) groups is 2. The van der Waals surface area contributed by atoms with E-state index in [1.807, 2.05) is 30.3 Å². The van der Waals surface area contributed by atoms with Gasteiger partial charge in [-0.2, -0.15) is 0 Å². The molecule has 0 saturated heterocycles. The van der Waals surface area contributed by atoms with Crippen molar-refractivity contribution in [2.24, 2.45) is 0 Å². The number of nitrogens with zero attached hydrogens (tertiary/aromatic N) is 2. The summed E-state index contributed by atoms with van der Waals surface area (Å²) in [6.45, 7) is -0.315. The van der Waals surface area contributed by atoms with E-state index in [2.05, 4.69) is 10.2 Å². The van der Waals surface area contributed by atoms with E-state index in [1.54, 1.807) is 31.4 Å². The number of hydrogen-bond donors (Lipinski definition) is 0. The largest absolute Gasteiger partial charge is 0.497 e. The Morgan fingerprint density at radius 3 is 2.44 bits per heavy atom. The first-order chi connectivity index (χ1) is 13.2. The summed E-state index contributed by atoms with van der Waals surface area (Å²) in [5, 5.41) is 7.88. The Hall–Kier alpha value is -3.48. The maximum absolute atomic E-state index is 12.0. The standard InChI is InChI=1S/C20H18N2O5/c1-25-16-9-7-14(8-10-16)17(23)13-26-19(24)12-11-18-21-22-20(27-18)15-5-3-2-4-6-15/h2-10H,11-13H2,1H3. The molecule has 3 rings (SSSR count). The van der Waals surface area contributed by atoms with Crippen LogP contribution in [0.15, 0.2) is 59.0 Å². The van der Waals surface area contributed by atoms with Gasteiger partial charge in [-0.05, 0) is 36.4 Å². The number of carbonyl (C=O) groups excluding carboxylic acids is 2. The molecule has 0 aliphatic rings. The Balaban J connectivity index is 1.45. The highest BCUT2D eigenvalue weighted by atomic mass is 16.5. The number of methoxy groups -OCH3 is 1. The van der Waals surface area contributed by atoms with Crippen LogP contribution < -0.4 is 4.74 Å². The van der Waals surface area contributed by atoms with Crippen LogP contribution in [-0.4, -0.2) is 35.7 Å². The van der Waals surface area contributed by atoms with E-state index in [0.717, 1.165) is 5.56 Å². The minimum Gasteiger partial charge on any atom is -0.497 e. The summed E-state index contributed by atoms with van der Waals surface area (Å²) in [6, 6.07) is 15.9. The lowest BCUT2D eigenvalue weighted by molar-refractivity contribution is -0.142. The molecule has 0 spiro atoms. The summed E-state index contributed by atoms with van der Waals surface area (Å²) < 4.78 is 15.6. The first-order valence-corrected chi connectivity index (χ1v) is 8.36. The van der Waals surface area contributed by atoms with Crippen LogP contribution in [0.1, 0.15) is 22.7 Å². The third-order valence-electron chi connectivity index (χ3n) is 3.81. The second kappa shape index (κ2) is 8.75. The van der Waals surface area contributed by atoms with Gasteiger partial charge in [-0.15, -0.1) is 10.2 Å². The number of aryl methyl sites for hydroxylation is 1. The zero-order valence-electron chi connectivity index (χ0n) is 14.8. The Morgan fingerprint density at radius 2 is 1.74 bits per heavy atom. The van der Waals surface area contributed by atoms with Crippen molar-refractivity contribution in [3.8, 4) is 17.2 Å². The third kappa shape index (κ3) is 5.01. The fourth-order valence-electron chi connectivity index (χ4n) is 2.34. The first kappa shape index (κ1) is 18.3. The molecule has 0 saturated carbocycles. The normalized spacial score (nSPS) is 10.4. The smallest absolute Gasteiger partial charge is 0.306 e. The Morgan fingerprint density at radius 1 is 1.00 bits per heavy atom. The predicted molar refractivity (Wildman–Crippen MR) is 96.3 cm³/mol. The maximum atomic E-state index is 12.0. The number of esters is 1. The number of ether oxygens (including phenoxy) is 2. The Labute approximate surface area is 155 Å². The summed E-state index contributed by atoms with van der Waals surface area (Å²) in [4.78, 5) is 23.9. The lowest BCUT2D eigenvalue weighted by Gasteiger charge is -2.04. The number of benzene rings is 2. The van der Waals surface area contributed by atoms with Gasteiger partial charge in [0.1, 0.15) is 5.75 Å². The molecule has 1 aromatic heterocycles. The minimum absolute atomic E-state index is 0.0479. The predicted octanol–water partition coefficient (Wildman–Crippen LogP) is 3.10. The van der Waals surface area contributed by atoms with Crippen molar-refractivity contribution in [1.82, 2.24) is 10.2 Å². The van der Waals surface area contributed by atoms with Crippen molar-refractivity contribution >= 4 is 11.8 Å². The highest BCUT2D eigenvalue weighted by Gasteiger charge is 2.13. The van der Waals surface area contributed by atoms with Crippen molar-refractivity contribution in [1.29, 1.82) is 0 Å². The molecule has 0 aliphatic heterocycles. The molecule has 0 aliphatic carbocycles. The average molecular weight is 366 g/mol. The van der Waals surface area contributed by atoms with E-state index in [1.165, 1.54) is 0 Å². The number of hydrogen-bond acceptors (Lipinski definition) is 7. The van der Waals surface area contributed by atoms with E-state index in [0.29, 0.717) is 23.1 Å². The van der Waals surface area contributed by atoms with Gasteiger partial charge in [-0.1, -0.05) is 18.2 Å². The van der Waals surface area contributed by atoms with Crippen molar-refractivity contribution in [2.75, 3.05) is 13.7 Å². The number of ketones is 1. The van der Waals surface area contributed by atoms with E-state index in [-0.39, 0.29) is 25.2 Å². The molecule has 7 nitrogen and oxygen atoms in total. The molecule has 7 heteroatoms. The Bertz CT molecular complexity index is 904. The fourth-order valence-corrected chi connectivity index (χ4v) is 2.34. The van der Waals surface area contributed by atoms with Gasteiger partial charge in [0, 0.05) is 17.5 Å². The molecule has 3 aromatic rings. The summed E-state index contributed by atoms with van der Waals surface area (Å²) in [5.41, 5.74) is 1.26. The maximum Gasteiger partial charge on any atom is 0.306 e. The zero-order chi connectivity index (χ0) is 19.1. The highest BCUT2D eigenvalue weighted by Crippen LogP contribution is 2.17. The van der Waals surface area contributed by atoms with Crippen LogP contribution in [0.2, 0.25) is 0 Å². The van der Waals surface area contributed by atoms with E-state index in [4.69, 9.17) is 13.9 Å². The molecule has 138 valence electrons. The van der Waals surface area contributed by atoms with Crippen molar-refractivity contribution in [3.63, 3.8) is 0 Å². The lowest BCUT2D eigenvalue weighted by atomic mass is 10.1. The lowest BCUT2D eigenvalue weighted by Crippen LogP contribution is -2.14. The van der Waals surface area contributed by atoms with E-state index < -0.39 is 5.97 Å². The molecular weight excluding hydrogens is 348 g/mol. The molecule has 0 amide bonds. The molecule has 2 aromatic carbocycles. The summed E-state index contributed by atoms with van der Waals surface area (Å²) in [7, 11) is 1.55. The Kier molecular flexibility index (Phi) is 5.94. The van der Waals surface area contributed by atoms with Crippen molar-refractivity contribution < 1.29 is 23.5 Å². The molecule has 0 radical (unpaired) electrons. The number of rotatable bonds is 8.